The quantitative estimate of drug-likeness (QED) is 0.434. The van der Waals surface area contributed by atoms with Crippen LogP contribution in [0.15, 0.2) is 56.3 Å². The van der Waals surface area contributed by atoms with E-state index in [4.69, 9.17) is 18.3 Å². The molecule has 0 bridgehead atoms. The summed E-state index contributed by atoms with van der Waals surface area (Å²) >= 11 is 0. The molecule has 0 radical (unpaired) electrons. The average molecular weight is 420 g/mol. The van der Waals surface area contributed by atoms with Gasteiger partial charge in [-0.3, -0.25) is 4.79 Å². The van der Waals surface area contributed by atoms with Crippen LogP contribution in [-0.4, -0.2) is 13.5 Å². The van der Waals surface area contributed by atoms with Crippen molar-refractivity contribution in [2.75, 3.05) is 7.11 Å². The van der Waals surface area contributed by atoms with Gasteiger partial charge < -0.3 is 23.0 Å². The van der Waals surface area contributed by atoms with Gasteiger partial charge in [0.15, 0.2) is 16.6 Å². The van der Waals surface area contributed by atoms with Gasteiger partial charge in [0.05, 0.1) is 18.8 Å². The van der Waals surface area contributed by atoms with Crippen LogP contribution < -0.4 is 19.6 Å². The number of hydrogen-bond acceptors (Lipinski definition) is 6. The number of ether oxygens (including phenoxy) is 3. The van der Waals surface area contributed by atoms with Crippen molar-refractivity contribution in [1.82, 2.24) is 0 Å². The second-order valence-corrected chi connectivity index (χ2v) is 6.44. The Hall–Kier alpha value is -3.62. The highest BCUT2D eigenvalue weighted by atomic mass is 19.4. The van der Waals surface area contributed by atoms with Crippen LogP contribution >= 0.6 is 0 Å². The average Bonchev–Trinajstić information content (AvgIpc) is 3.13. The zero-order chi connectivity index (χ0) is 21.5. The molecule has 0 unspecified atom stereocenters. The van der Waals surface area contributed by atoms with Crippen LogP contribution in [0.1, 0.15) is 11.3 Å². The topological polar surface area (TPSA) is 71.0 Å². The molecule has 0 aliphatic carbocycles. The van der Waals surface area contributed by atoms with Gasteiger partial charge >= 0.3 is 6.36 Å². The minimum Gasteiger partial charge on any atom is -0.495 e. The maximum Gasteiger partial charge on any atom is 0.573 e. The molecule has 0 aliphatic rings. The van der Waals surface area contributed by atoms with Crippen molar-refractivity contribution >= 4 is 21.9 Å². The molecule has 9 heteroatoms. The maximum atomic E-state index is 12.6. The fourth-order valence-electron chi connectivity index (χ4n) is 3.22. The molecule has 2 aromatic heterocycles. The van der Waals surface area contributed by atoms with E-state index in [2.05, 4.69) is 4.74 Å². The summed E-state index contributed by atoms with van der Waals surface area (Å²) in [7, 11) is 1.42. The molecule has 0 atom stereocenters. The molecule has 0 saturated carbocycles. The fraction of sp³-hybridized carbons (Fsp3) is 0.190. The lowest BCUT2D eigenvalue weighted by Gasteiger charge is -2.13. The Morgan fingerprint density at radius 2 is 1.87 bits per heavy atom. The third-order valence-electron chi connectivity index (χ3n) is 4.34. The smallest absolute Gasteiger partial charge is 0.495 e. The molecule has 4 aromatic rings. The van der Waals surface area contributed by atoms with Crippen LogP contribution in [0.4, 0.5) is 13.2 Å². The molecule has 0 saturated heterocycles. The zero-order valence-corrected chi connectivity index (χ0v) is 15.8. The van der Waals surface area contributed by atoms with E-state index >= 15 is 0 Å². The second kappa shape index (κ2) is 7.33. The monoisotopic (exact) mass is 420 g/mol. The van der Waals surface area contributed by atoms with Gasteiger partial charge in [0.2, 0.25) is 5.75 Å². The summed E-state index contributed by atoms with van der Waals surface area (Å²) in [5, 5.41) is 0.687. The predicted molar refractivity (Wildman–Crippen MR) is 101 cm³/mol. The zero-order valence-electron chi connectivity index (χ0n) is 15.8. The second-order valence-electron chi connectivity index (χ2n) is 6.44. The molecule has 6 nitrogen and oxygen atoms in total. The fourth-order valence-corrected chi connectivity index (χ4v) is 3.22. The van der Waals surface area contributed by atoms with E-state index in [-0.39, 0.29) is 45.8 Å². The summed E-state index contributed by atoms with van der Waals surface area (Å²) in [6.07, 6.45) is -3.39. The maximum absolute atomic E-state index is 12.6. The Morgan fingerprint density at radius 1 is 1.07 bits per heavy atom. The largest absolute Gasteiger partial charge is 0.573 e. The van der Waals surface area contributed by atoms with Gasteiger partial charge in [-0.25, -0.2) is 0 Å². The predicted octanol–water partition coefficient (Wildman–Crippen LogP) is 5.33. The summed E-state index contributed by atoms with van der Waals surface area (Å²) in [5.41, 5.74) is 0.507. The molecule has 30 heavy (non-hydrogen) atoms. The lowest BCUT2D eigenvalue weighted by Crippen LogP contribution is -2.17. The van der Waals surface area contributed by atoms with Gasteiger partial charge in [0, 0.05) is 6.07 Å². The van der Waals surface area contributed by atoms with E-state index in [1.54, 1.807) is 19.1 Å². The van der Waals surface area contributed by atoms with Crippen LogP contribution in [0.3, 0.4) is 0 Å². The van der Waals surface area contributed by atoms with Crippen molar-refractivity contribution in [3.63, 3.8) is 0 Å². The van der Waals surface area contributed by atoms with E-state index in [0.29, 0.717) is 16.7 Å². The first-order chi connectivity index (χ1) is 14.3. The van der Waals surface area contributed by atoms with E-state index < -0.39 is 6.36 Å². The van der Waals surface area contributed by atoms with Crippen molar-refractivity contribution < 1.29 is 36.2 Å². The lowest BCUT2D eigenvalue weighted by atomic mass is 10.1. The Labute approximate surface area is 167 Å². The normalized spacial score (nSPS) is 11.8. The molecule has 156 valence electrons. The summed E-state index contributed by atoms with van der Waals surface area (Å²) in [4.78, 5) is 12.6. The molecule has 0 fully saturated rings. The third-order valence-corrected chi connectivity index (χ3v) is 4.34. The molecule has 0 amide bonds. The van der Waals surface area contributed by atoms with E-state index in [1.165, 1.54) is 37.6 Å². The number of alkyl halides is 3. The number of hydrogen-bond donors (Lipinski definition) is 0. The molecule has 4 rings (SSSR count). The van der Waals surface area contributed by atoms with Crippen molar-refractivity contribution in [3.8, 4) is 17.2 Å². The molecular formula is C21H15F3O6. The lowest BCUT2D eigenvalue weighted by molar-refractivity contribution is -0.274. The van der Waals surface area contributed by atoms with Crippen molar-refractivity contribution in [2.45, 2.75) is 19.9 Å². The number of halogens is 3. The minimum absolute atomic E-state index is 0.121. The van der Waals surface area contributed by atoms with Gasteiger partial charge in [-0.15, -0.1) is 13.2 Å². The highest BCUT2D eigenvalue weighted by molar-refractivity contribution is 6.06. The van der Waals surface area contributed by atoms with Gasteiger partial charge in [0.25, 0.3) is 0 Å². The summed E-state index contributed by atoms with van der Waals surface area (Å²) in [6, 6.07) is 8.34. The highest BCUT2D eigenvalue weighted by Gasteiger charge is 2.31. The van der Waals surface area contributed by atoms with Gasteiger partial charge in [-0.2, -0.15) is 0 Å². The number of fused-ring (bicyclic) bond motifs is 2. The number of benzene rings is 2. The Morgan fingerprint density at radius 3 is 2.60 bits per heavy atom. The first-order valence-electron chi connectivity index (χ1n) is 8.76. The van der Waals surface area contributed by atoms with Crippen LogP contribution in [0, 0.1) is 6.92 Å². The number of furan rings is 1. The molecular weight excluding hydrogens is 405 g/mol. The molecule has 0 aliphatic heterocycles. The molecule has 0 N–H and O–H groups in total. The molecule has 2 aromatic carbocycles. The van der Waals surface area contributed by atoms with E-state index in [0.717, 1.165) is 0 Å². The molecule has 0 spiro atoms. The summed E-state index contributed by atoms with van der Waals surface area (Å²) < 4.78 is 63.8. The van der Waals surface area contributed by atoms with Crippen LogP contribution in [0.2, 0.25) is 0 Å². The summed E-state index contributed by atoms with van der Waals surface area (Å²) in [5.74, 6) is 0.420. The minimum atomic E-state index is -4.80. The van der Waals surface area contributed by atoms with E-state index in [9.17, 15) is 18.0 Å². The number of rotatable bonds is 5. The van der Waals surface area contributed by atoms with Crippen LogP contribution in [0.5, 0.6) is 17.2 Å². The van der Waals surface area contributed by atoms with Gasteiger partial charge in [-0.05, 0) is 30.7 Å². The third kappa shape index (κ3) is 3.66. The highest BCUT2D eigenvalue weighted by Crippen LogP contribution is 2.42. The van der Waals surface area contributed by atoms with Gasteiger partial charge in [0.1, 0.15) is 29.3 Å². The SMILES string of the molecule is COc1c2ccoc2c(OCc2cccc(OC(F)(F)F)c2)c2oc(C)cc(=O)c12. The van der Waals surface area contributed by atoms with Crippen LogP contribution in [-0.2, 0) is 6.61 Å². The van der Waals surface area contributed by atoms with Crippen molar-refractivity contribution in [2.24, 2.45) is 0 Å². The first kappa shape index (κ1) is 19.7. The van der Waals surface area contributed by atoms with E-state index in [1.807, 2.05) is 0 Å². The summed E-state index contributed by atoms with van der Waals surface area (Å²) in [6.45, 7) is 1.49. The van der Waals surface area contributed by atoms with Crippen LogP contribution in [0.25, 0.3) is 21.9 Å². The Kier molecular flexibility index (Phi) is 4.81. The van der Waals surface area contributed by atoms with Crippen molar-refractivity contribution in [1.29, 1.82) is 0 Å². The number of aryl methyl sites for hydroxylation is 1. The van der Waals surface area contributed by atoms with Gasteiger partial charge in [-0.1, -0.05) is 12.1 Å². The van der Waals surface area contributed by atoms with Crippen molar-refractivity contribution in [3.05, 3.63) is 64.2 Å². The standard InChI is InChI=1S/C21H15F3O6/c1-11-8-15(25)16-17(26-2)14-6-7-27-18(14)20(19(16)29-11)28-10-12-4-3-5-13(9-12)30-21(22,23)24/h3-9H,10H2,1-2H3. The Bertz CT molecular complexity index is 1290. The number of methoxy groups -OCH3 is 1. The first-order valence-corrected chi connectivity index (χ1v) is 8.76. The Balaban J connectivity index is 1.79. The molecule has 2 heterocycles.